The number of allylic oxidation sites excluding steroid dienone is 1. The van der Waals surface area contributed by atoms with Gasteiger partial charge in [0.15, 0.2) is 0 Å². The molecule has 0 radical (unpaired) electrons. The molecule has 3 unspecified atom stereocenters. The summed E-state index contributed by atoms with van der Waals surface area (Å²) in [6.45, 7) is 8.15. The lowest BCUT2D eigenvalue weighted by atomic mass is 9.73. The molecule has 1 amide bonds. The highest BCUT2D eigenvalue weighted by molar-refractivity contribution is 5.67. The van der Waals surface area contributed by atoms with Gasteiger partial charge < -0.3 is 30.0 Å². The average Bonchev–Trinajstić information content (AvgIpc) is 3.33. The van der Waals surface area contributed by atoms with Crippen molar-refractivity contribution in [3.05, 3.63) is 11.6 Å². The van der Waals surface area contributed by atoms with Gasteiger partial charge in [-0.3, -0.25) is 0 Å². The van der Waals surface area contributed by atoms with Crippen molar-refractivity contribution in [2.24, 2.45) is 11.7 Å². The Morgan fingerprint density at radius 2 is 2.20 bits per heavy atom. The summed E-state index contributed by atoms with van der Waals surface area (Å²) in [6.07, 6.45) is 2.49. The van der Waals surface area contributed by atoms with Crippen molar-refractivity contribution >= 4 is 6.09 Å². The van der Waals surface area contributed by atoms with Crippen LogP contribution in [0.15, 0.2) is 11.6 Å². The monoisotopic (exact) mass is 356 g/mol. The predicted octanol–water partition coefficient (Wildman–Crippen LogP) is 1.61. The second-order valence-electron chi connectivity index (χ2n) is 7.10. The van der Waals surface area contributed by atoms with Crippen LogP contribution in [-0.4, -0.2) is 63.4 Å². The minimum absolute atomic E-state index is 0.0177. The summed E-state index contributed by atoms with van der Waals surface area (Å²) in [5, 5.41) is 2.64. The third-order valence-corrected chi connectivity index (χ3v) is 5.00. The van der Waals surface area contributed by atoms with Crippen LogP contribution in [-0.2, 0) is 18.9 Å². The van der Waals surface area contributed by atoms with Gasteiger partial charge in [-0.2, -0.15) is 0 Å². The number of rotatable bonds is 8. The van der Waals surface area contributed by atoms with Crippen LogP contribution in [0.3, 0.4) is 0 Å². The van der Waals surface area contributed by atoms with E-state index in [9.17, 15) is 4.79 Å². The van der Waals surface area contributed by atoms with Gasteiger partial charge in [0.25, 0.3) is 0 Å². The zero-order valence-electron chi connectivity index (χ0n) is 15.7. The smallest absolute Gasteiger partial charge is 0.407 e. The fourth-order valence-corrected chi connectivity index (χ4v) is 3.62. The molecule has 0 aromatic rings. The molecule has 2 fully saturated rings. The maximum atomic E-state index is 11.9. The lowest BCUT2D eigenvalue weighted by Gasteiger charge is -2.42. The lowest BCUT2D eigenvalue weighted by Crippen LogP contribution is -2.55. The van der Waals surface area contributed by atoms with Crippen LogP contribution in [0.5, 0.6) is 0 Å². The van der Waals surface area contributed by atoms with E-state index in [4.69, 9.17) is 24.7 Å². The van der Waals surface area contributed by atoms with Gasteiger partial charge in [-0.1, -0.05) is 11.6 Å². The summed E-state index contributed by atoms with van der Waals surface area (Å²) in [4.78, 5) is 11.9. The number of ether oxygens (including phenoxy) is 4. The Kier molecular flexibility index (Phi) is 7.25. The van der Waals surface area contributed by atoms with Crippen LogP contribution in [0.25, 0.3) is 0 Å². The first-order valence-electron chi connectivity index (χ1n) is 9.00. The molecule has 144 valence electrons. The maximum Gasteiger partial charge on any atom is 0.407 e. The van der Waals surface area contributed by atoms with E-state index < -0.39 is 6.09 Å². The fourth-order valence-electron chi connectivity index (χ4n) is 3.62. The number of epoxide rings is 1. The number of nitrogens with two attached hydrogens (primary N) is 1. The van der Waals surface area contributed by atoms with E-state index in [-0.39, 0.29) is 29.8 Å². The molecule has 7 nitrogen and oxygen atoms in total. The van der Waals surface area contributed by atoms with E-state index >= 15 is 0 Å². The molecule has 5 atom stereocenters. The molecule has 0 aromatic heterocycles. The first-order chi connectivity index (χ1) is 11.9. The number of hydrogen-bond acceptors (Lipinski definition) is 6. The van der Waals surface area contributed by atoms with Crippen molar-refractivity contribution in [1.82, 2.24) is 5.32 Å². The van der Waals surface area contributed by atoms with E-state index in [1.165, 1.54) is 5.57 Å². The number of carbonyl (C=O) groups is 1. The van der Waals surface area contributed by atoms with Gasteiger partial charge in [-0.05, 0) is 33.6 Å². The summed E-state index contributed by atoms with van der Waals surface area (Å²) in [7, 11) is 1.65. The third kappa shape index (κ3) is 5.17. The van der Waals surface area contributed by atoms with Gasteiger partial charge in [0.05, 0.1) is 24.9 Å². The van der Waals surface area contributed by atoms with Crippen LogP contribution in [0.1, 0.15) is 33.6 Å². The molecule has 1 saturated carbocycles. The molecule has 0 bridgehead atoms. The molecule has 25 heavy (non-hydrogen) atoms. The number of methoxy groups -OCH3 is 1. The summed E-state index contributed by atoms with van der Waals surface area (Å²) in [5.41, 5.74) is 6.41. The van der Waals surface area contributed by atoms with Crippen molar-refractivity contribution in [2.75, 3.05) is 33.4 Å². The molecular formula is C18H32N2O5. The number of nitrogens with one attached hydrogen (secondary N) is 1. The highest BCUT2D eigenvalue weighted by Gasteiger charge is 2.61. The van der Waals surface area contributed by atoms with Crippen LogP contribution >= 0.6 is 0 Å². The quantitative estimate of drug-likeness (QED) is 0.507. The molecular weight excluding hydrogens is 324 g/mol. The van der Waals surface area contributed by atoms with Gasteiger partial charge in [-0.15, -0.1) is 0 Å². The highest BCUT2D eigenvalue weighted by Crippen LogP contribution is 2.49. The van der Waals surface area contributed by atoms with Crippen molar-refractivity contribution < 1.29 is 23.7 Å². The fraction of sp³-hybridized carbons (Fsp3) is 0.833. The molecule has 1 heterocycles. The first kappa shape index (κ1) is 20.2. The van der Waals surface area contributed by atoms with E-state index in [1.807, 2.05) is 20.8 Å². The van der Waals surface area contributed by atoms with E-state index in [2.05, 4.69) is 11.4 Å². The van der Waals surface area contributed by atoms with E-state index in [0.29, 0.717) is 32.7 Å². The third-order valence-electron chi connectivity index (χ3n) is 5.00. The topological polar surface area (TPSA) is 95.3 Å². The second kappa shape index (κ2) is 8.98. The highest BCUT2D eigenvalue weighted by atomic mass is 16.6. The van der Waals surface area contributed by atoms with Crippen LogP contribution in [0, 0.1) is 5.92 Å². The molecule has 2 aliphatic rings. The van der Waals surface area contributed by atoms with Crippen LogP contribution in [0.4, 0.5) is 4.79 Å². The van der Waals surface area contributed by atoms with Gasteiger partial charge in [-0.25, -0.2) is 4.79 Å². The Morgan fingerprint density at radius 1 is 1.48 bits per heavy atom. The molecule has 1 saturated heterocycles. The van der Waals surface area contributed by atoms with Crippen molar-refractivity contribution in [3.8, 4) is 0 Å². The largest absolute Gasteiger partial charge is 0.443 e. The molecule has 2 rings (SSSR count). The SMILES string of the molecule is COC1C(OC(=O)NCCN)CC[C@]2(CO2)C1[C@H](C)OCC=C(C)C. The minimum Gasteiger partial charge on any atom is -0.443 e. The van der Waals surface area contributed by atoms with Crippen molar-refractivity contribution in [2.45, 2.75) is 57.5 Å². The van der Waals surface area contributed by atoms with Crippen LogP contribution in [0.2, 0.25) is 0 Å². The summed E-state index contributed by atoms with van der Waals surface area (Å²) >= 11 is 0. The maximum absolute atomic E-state index is 11.9. The minimum atomic E-state index is -0.456. The van der Waals surface area contributed by atoms with Crippen molar-refractivity contribution in [3.63, 3.8) is 0 Å². The van der Waals surface area contributed by atoms with Crippen molar-refractivity contribution in [1.29, 1.82) is 0 Å². The molecule has 0 aromatic carbocycles. The van der Waals surface area contributed by atoms with Gasteiger partial charge in [0, 0.05) is 26.1 Å². The lowest BCUT2D eigenvalue weighted by molar-refractivity contribution is -0.137. The summed E-state index contributed by atoms with van der Waals surface area (Å²) in [6, 6.07) is 0. The zero-order valence-corrected chi connectivity index (χ0v) is 15.7. The Hall–Kier alpha value is -1.15. The van der Waals surface area contributed by atoms with E-state index in [0.717, 1.165) is 6.42 Å². The molecule has 1 aliphatic heterocycles. The number of alkyl carbamates (subject to hydrolysis) is 1. The number of hydrogen-bond donors (Lipinski definition) is 2. The predicted molar refractivity (Wildman–Crippen MR) is 94.4 cm³/mol. The average molecular weight is 356 g/mol. The Bertz CT molecular complexity index is 474. The normalized spacial score (nSPS) is 32.1. The molecule has 1 aliphatic carbocycles. The Morgan fingerprint density at radius 3 is 2.76 bits per heavy atom. The second-order valence-corrected chi connectivity index (χ2v) is 7.10. The number of carbonyl (C=O) groups excluding carboxylic acids is 1. The Balaban J connectivity index is 2.03. The van der Waals surface area contributed by atoms with Crippen LogP contribution < -0.4 is 11.1 Å². The zero-order chi connectivity index (χ0) is 18.4. The van der Waals surface area contributed by atoms with E-state index in [1.54, 1.807) is 7.11 Å². The van der Waals surface area contributed by atoms with Gasteiger partial charge in [0.2, 0.25) is 0 Å². The van der Waals surface area contributed by atoms with Gasteiger partial charge in [0.1, 0.15) is 12.2 Å². The number of amides is 1. The Labute approximate surface area is 150 Å². The first-order valence-corrected chi connectivity index (χ1v) is 9.00. The summed E-state index contributed by atoms with van der Waals surface area (Å²) in [5.74, 6) is 0.0177. The summed E-state index contributed by atoms with van der Waals surface area (Å²) < 4.78 is 23.1. The molecule has 1 spiro atoms. The van der Waals surface area contributed by atoms with Gasteiger partial charge >= 0.3 is 6.09 Å². The molecule has 3 N–H and O–H groups in total. The standard InChI is InChI=1S/C18H32N2O5/c1-12(2)6-10-23-13(3)15-16(22-4)14(5-7-18(15)11-24-18)25-17(21)20-9-8-19/h6,13-16H,5,7-11,19H2,1-4H3,(H,20,21)/t13-,14?,15?,16?,18-/m0/s1. The molecule has 7 heteroatoms.